The first-order valence-corrected chi connectivity index (χ1v) is 9.69. The zero-order valence-electron chi connectivity index (χ0n) is 15.3. The van der Waals surface area contributed by atoms with Gasteiger partial charge in [-0.15, -0.1) is 0 Å². The van der Waals surface area contributed by atoms with Crippen molar-refractivity contribution in [1.29, 1.82) is 0 Å². The van der Waals surface area contributed by atoms with E-state index in [4.69, 9.17) is 11.6 Å². The van der Waals surface area contributed by atoms with Gasteiger partial charge in [0.2, 0.25) is 11.8 Å². The van der Waals surface area contributed by atoms with Gasteiger partial charge in [-0.1, -0.05) is 29.8 Å². The molecule has 4 rings (SSSR count). The van der Waals surface area contributed by atoms with Crippen molar-refractivity contribution in [3.8, 4) is 0 Å². The van der Waals surface area contributed by atoms with E-state index in [2.05, 4.69) is 10.3 Å². The van der Waals surface area contributed by atoms with Crippen molar-refractivity contribution in [2.24, 2.45) is 0 Å². The summed E-state index contributed by atoms with van der Waals surface area (Å²) in [6, 6.07) is 7.60. The van der Waals surface area contributed by atoms with Gasteiger partial charge in [0.15, 0.2) is 0 Å². The monoisotopic (exact) mass is 386 g/mol. The molecule has 3 heterocycles. The van der Waals surface area contributed by atoms with Crippen LogP contribution in [0.5, 0.6) is 0 Å². The molecule has 6 nitrogen and oxygen atoms in total. The number of carbonyl (C=O) groups excluding carboxylic acids is 2. The molecule has 0 saturated carbocycles. The quantitative estimate of drug-likeness (QED) is 0.857. The average molecular weight is 387 g/mol. The summed E-state index contributed by atoms with van der Waals surface area (Å²) in [5.41, 5.74) is 0.0217. The first-order valence-electron chi connectivity index (χ1n) is 9.32. The topological polar surface area (TPSA) is 67.2 Å². The number of fused-ring (bicyclic) bond motifs is 1. The summed E-state index contributed by atoms with van der Waals surface area (Å²) in [4.78, 5) is 31.6. The van der Waals surface area contributed by atoms with Crippen LogP contribution in [0.2, 0.25) is 5.02 Å². The summed E-state index contributed by atoms with van der Waals surface area (Å²) in [7, 11) is 0. The van der Waals surface area contributed by atoms with E-state index in [0.29, 0.717) is 37.5 Å². The minimum atomic E-state index is -0.789. The maximum absolute atomic E-state index is 13.3. The summed E-state index contributed by atoms with van der Waals surface area (Å²) < 4.78 is 2.00. The SMILES string of the molecule is Cc1nccn1CCNC(=O)[C@@]1(c2ccccc2Cl)C[C@@H]2CCC(=O)N2C1. The zero-order chi connectivity index (χ0) is 19.0. The number of hydrogen-bond donors (Lipinski definition) is 1. The molecule has 2 fully saturated rings. The van der Waals surface area contributed by atoms with E-state index in [1.165, 1.54) is 0 Å². The number of benzene rings is 1. The van der Waals surface area contributed by atoms with Gasteiger partial charge in [-0.2, -0.15) is 0 Å². The van der Waals surface area contributed by atoms with Crippen molar-refractivity contribution in [3.05, 3.63) is 53.1 Å². The van der Waals surface area contributed by atoms with Gasteiger partial charge >= 0.3 is 0 Å². The van der Waals surface area contributed by atoms with Crippen molar-refractivity contribution in [2.45, 2.75) is 44.2 Å². The Hall–Kier alpha value is -2.34. The van der Waals surface area contributed by atoms with Crippen LogP contribution >= 0.6 is 11.6 Å². The fourth-order valence-corrected chi connectivity index (χ4v) is 4.73. The average Bonchev–Trinajstić information content (AvgIpc) is 3.33. The highest BCUT2D eigenvalue weighted by atomic mass is 35.5. The number of nitrogens with one attached hydrogen (secondary N) is 1. The van der Waals surface area contributed by atoms with Crippen molar-refractivity contribution >= 4 is 23.4 Å². The molecule has 2 aliphatic heterocycles. The molecule has 0 aliphatic carbocycles. The van der Waals surface area contributed by atoms with Crippen LogP contribution in [0, 0.1) is 6.92 Å². The number of imidazole rings is 1. The molecule has 0 bridgehead atoms. The molecule has 27 heavy (non-hydrogen) atoms. The Bertz CT molecular complexity index is 880. The first kappa shape index (κ1) is 18.0. The van der Waals surface area contributed by atoms with Gasteiger partial charge in [-0.05, 0) is 31.4 Å². The Morgan fingerprint density at radius 3 is 2.93 bits per heavy atom. The van der Waals surface area contributed by atoms with Crippen molar-refractivity contribution < 1.29 is 9.59 Å². The Balaban J connectivity index is 1.57. The Labute approximate surface area is 163 Å². The van der Waals surface area contributed by atoms with E-state index in [0.717, 1.165) is 17.8 Å². The van der Waals surface area contributed by atoms with Crippen molar-refractivity contribution in [3.63, 3.8) is 0 Å². The number of halogens is 1. The molecule has 2 amide bonds. The molecule has 2 aliphatic rings. The van der Waals surface area contributed by atoms with Crippen LogP contribution in [-0.2, 0) is 21.5 Å². The minimum absolute atomic E-state index is 0.0597. The van der Waals surface area contributed by atoms with Gasteiger partial charge in [-0.3, -0.25) is 9.59 Å². The van der Waals surface area contributed by atoms with Crippen LogP contribution in [0.25, 0.3) is 0 Å². The lowest BCUT2D eigenvalue weighted by molar-refractivity contribution is -0.129. The summed E-state index contributed by atoms with van der Waals surface area (Å²) in [6.07, 6.45) is 5.66. The lowest BCUT2D eigenvalue weighted by Crippen LogP contribution is -2.48. The number of amides is 2. The summed E-state index contributed by atoms with van der Waals surface area (Å²) >= 11 is 6.47. The Kier molecular flexibility index (Phi) is 4.68. The highest BCUT2D eigenvalue weighted by Gasteiger charge is 2.54. The van der Waals surface area contributed by atoms with Gasteiger partial charge in [-0.25, -0.2) is 4.98 Å². The Morgan fingerprint density at radius 2 is 2.22 bits per heavy atom. The van der Waals surface area contributed by atoms with E-state index in [1.54, 1.807) is 6.20 Å². The van der Waals surface area contributed by atoms with E-state index in [9.17, 15) is 9.59 Å². The largest absolute Gasteiger partial charge is 0.353 e. The number of nitrogens with zero attached hydrogens (tertiary/aromatic N) is 3. The van der Waals surface area contributed by atoms with Gasteiger partial charge in [0.05, 0.1) is 5.41 Å². The van der Waals surface area contributed by atoms with Gasteiger partial charge in [0, 0.05) is 49.5 Å². The third-order valence-corrected chi connectivity index (χ3v) is 6.19. The third kappa shape index (κ3) is 3.12. The molecular weight excluding hydrogens is 364 g/mol. The van der Waals surface area contributed by atoms with E-state index in [1.807, 2.05) is 46.9 Å². The molecule has 1 aromatic heterocycles. The fourth-order valence-electron chi connectivity index (χ4n) is 4.41. The number of carbonyl (C=O) groups is 2. The van der Waals surface area contributed by atoms with Crippen LogP contribution in [-0.4, -0.2) is 45.4 Å². The maximum Gasteiger partial charge on any atom is 0.232 e. The van der Waals surface area contributed by atoms with E-state index in [-0.39, 0.29) is 17.9 Å². The van der Waals surface area contributed by atoms with Crippen molar-refractivity contribution in [1.82, 2.24) is 19.8 Å². The van der Waals surface area contributed by atoms with E-state index < -0.39 is 5.41 Å². The third-order valence-electron chi connectivity index (χ3n) is 5.86. The second kappa shape index (κ2) is 7.00. The molecule has 2 atom stereocenters. The Morgan fingerprint density at radius 1 is 1.41 bits per heavy atom. The standard InChI is InChI=1S/C20H23ClN4O2/c1-14-22-8-10-24(14)11-9-23-19(27)20(16-4-2-3-5-17(16)21)12-15-6-7-18(26)25(15)13-20/h2-5,8,10,15H,6-7,9,11-13H2,1H3,(H,23,27)/t15-,20-/m0/s1. The normalized spacial score (nSPS) is 24.3. The van der Waals surface area contributed by atoms with Crippen LogP contribution < -0.4 is 5.32 Å². The molecule has 1 aromatic carbocycles. The molecule has 0 unspecified atom stereocenters. The summed E-state index contributed by atoms with van der Waals surface area (Å²) in [6.45, 7) is 3.49. The second-order valence-electron chi connectivity index (χ2n) is 7.40. The van der Waals surface area contributed by atoms with Gasteiger partial charge in [0.25, 0.3) is 0 Å². The number of aryl methyl sites for hydroxylation is 1. The van der Waals surface area contributed by atoms with Gasteiger partial charge < -0.3 is 14.8 Å². The number of hydrogen-bond acceptors (Lipinski definition) is 3. The molecule has 2 aromatic rings. The molecule has 142 valence electrons. The van der Waals surface area contributed by atoms with Crippen molar-refractivity contribution in [2.75, 3.05) is 13.1 Å². The van der Waals surface area contributed by atoms with Crippen LogP contribution in [0.3, 0.4) is 0 Å². The maximum atomic E-state index is 13.3. The number of aromatic nitrogens is 2. The predicted molar refractivity (Wildman–Crippen MR) is 102 cm³/mol. The molecule has 7 heteroatoms. The molecule has 1 N–H and O–H groups in total. The lowest BCUT2D eigenvalue weighted by atomic mass is 9.76. The smallest absolute Gasteiger partial charge is 0.232 e. The van der Waals surface area contributed by atoms with Crippen LogP contribution in [0.1, 0.15) is 30.7 Å². The fraction of sp³-hybridized carbons (Fsp3) is 0.450. The van der Waals surface area contributed by atoms with Gasteiger partial charge in [0.1, 0.15) is 5.82 Å². The van der Waals surface area contributed by atoms with Crippen LogP contribution in [0.15, 0.2) is 36.7 Å². The summed E-state index contributed by atoms with van der Waals surface area (Å²) in [5.74, 6) is 0.989. The zero-order valence-corrected chi connectivity index (χ0v) is 16.1. The molecule has 0 spiro atoms. The molecule has 2 saturated heterocycles. The first-order chi connectivity index (χ1) is 13.0. The highest BCUT2D eigenvalue weighted by Crippen LogP contribution is 2.45. The minimum Gasteiger partial charge on any atom is -0.353 e. The molecule has 0 radical (unpaired) electrons. The van der Waals surface area contributed by atoms with Crippen LogP contribution in [0.4, 0.5) is 0 Å². The molecular formula is C20H23ClN4O2. The predicted octanol–water partition coefficient (Wildman–Crippen LogP) is 2.29. The lowest BCUT2D eigenvalue weighted by Gasteiger charge is -2.29. The number of rotatable bonds is 5. The highest BCUT2D eigenvalue weighted by molar-refractivity contribution is 6.31. The van der Waals surface area contributed by atoms with E-state index >= 15 is 0 Å². The second-order valence-corrected chi connectivity index (χ2v) is 7.81. The summed E-state index contributed by atoms with van der Waals surface area (Å²) in [5, 5.41) is 3.65.